The van der Waals surface area contributed by atoms with Crippen LogP contribution in [0.5, 0.6) is 0 Å². The van der Waals surface area contributed by atoms with Crippen LogP contribution < -0.4 is 0 Å². The van der Waals surface area contributed by atoms with Crippen LogP contribution in [0.2, 0.25) is 5.02 Å². The number of rotatable bonds is 3. The van der Waals surface area contributed by atoms with E-state index < -0.39 is 20.7 Å². The van der Waals surface area contributed by atoms with Crippen molar-refractivity contribution < 1.29 is 18.1 Å². The molecule has 1 aromatic heterocycles. The fourth-order valence-corrected chi connectivity index (χ4v) is 5.26. The van der Waals surface area contributed by atoms with Gasteiger partial charge in [0.05, 0.1) is 16.2 Å². The van der Waals surface area contributed by atoms with Crippen LogP contribution in [-0.2, 0) is 14.6 Å². The lowest BCUT2D eigenvalue weighted by Gasteiger charge is -2.20. The number of nitrogens with zero attached hydrogens (tertiary/aromatic N) is 5. The minimum atomic E-state index is -3.63. The van der Waals surface area contributed by atoms with Gasteiger partial charge in [-0.15, -0.1) is 5.10 Å². The SMILES string of the molecule is Cc1cc(/C=C2\C(=N)N3N=C(S(C)(=O)=O)SC3=NC2=O)c(C)n1-c1ccc(Cl)c([N+](=O)[O-])c1. The molecule has 33 heavy (non-hydrogen) atoms. The maximum absolute atomic E-state index is 12.6. The van der Waals surface area contributed by atoms with Gasteiger partial charge in [0, 0.05) is 23.7 Å². The molecule has 0 saturated carbocycles. The summed E-state index contributed by atoms with van der Waals surface area (Å²) in [7, 11) is -3.63. The van der Waals surface area contributed by atoms with Crippen LogP contribution in [0.15, 0.2) is 39.9 Å². The number of nitro groups is 1. The lowest BCUT2D eigenvalue weighted by molar-refractivity contribution is -0.384. The average molecular weight is 507 g/mol. The number of hydrogen-bond acceptors (Lipinski definition) is 8. The minimum Gasteiger partial charge on any atom is -0.318 e. The molecule has 1 N–H and O–H groups in total. The van der Waals surface area contributed by atoms with E-state index in [0.717, 1.165) is 17.0 Å². The molecule has 0 radical (unpaired) electrons. The van der Waals surface area contributed by atoms with Crippen LogP contribution in [0, 0.1) is 29.4 Å². The summed E-state index contributed by atoms with van der Waals surface area (Å²) in [6.07, 6.45) is 2.45. The van der Waals surface area contributed by atoms with E-state index in [2.05, 4.69) is 10.1 Å². The number of hydrazone groups is 1. The lowest BCUT2D eigenvalue weighted by atomic mass is 10.1. The molecule has 0 aliphatic carbocycles. The molecule has 4 rings (SSSR count). The Labute approximate surface area is 197 Å². The Hall–Kier alpha value is -3.29. The molecular weight excluding hydrogens is 492 g/mol. The van der Waals surface area contributed by atoms with Gasteiger partial charge in [0.2, 0.25) is 19.4 Å². The molecule has 11 nitrogen and oxygen atoms in total. The van der Waals surface area contributed by atoms with Crippen molar-refractivity contribution in [2.75, 3.05) is 6.26 Å². The number of nitro benzene ring substituents is 1. The molecule has 14 heteroatoms. The van der Waals surface area contributed by atoms with Gasteiger partial charge in [0.15, 0.2) is 5.84 Å². The van der Waals surface area contributed by atoms with Crippen molar-refractivity contribution in [2.24, 2.45) is 10.1 Å². The zero-order valence-corrected chi connectivity index (χ0v) is 19.7. The van der Waals surface area contributed by atoms with Crippen molar-refractivity contribution in [1.29, 1.82) is 5.41 Å². The summed E-state index contributed by atoms with van der Waals surface area (Å²) in [5.74, 6) is -1.00. The van der Waals surface area contributed by atoms with E-state index in [9.17, 15) is 23.3 Å². The summed E-state index contributed by atoms with van der Waals surface area (Å²) in [5.41, 5.74) is 2.16. The number of aromatic nitrogens is 1. The highest BCUT2D eigenvalue weighted by atomic mass is 35.5. The van der Waals surface area contributed by atoms with Gasteiger partial charge < -0.3 is 4.57 Å². The van der Waals surface area contributed by atoms with Crippen molar-refractivity contribution in [3.05, 3.63) is 61.9 Å². The largest absolute Gasteiger partial charge is 0.318 e. The molecule has 2 aliphatic heterocycles. The number of aliphatic imine (C=N–C) groups is 1. The Bertz CT molecular complexity index is 1470. The highest BCUT2D eigenvalue weighted by Gasteiger charge is 2.38. The van der Waals surface area contributed by atoms with E-state index in [0.29, 0.717) is 28.7 Å². The summed E-state index contributed by atoms with van der Waals surface area (Å²) in [5, 5.41) is 24.6. The molecule has 2 aliphatic rings. The molecule has 3 heterocycles. The number of nitrogens with one attached hydrogen (secondary N) is 1. The highest BCUT2D eigenvalue weighted by molar-refractivity contribution is 8.42. The van der Waals surface area contributed by atoms with Gasteiger partial charge in [0.1, 0.15) is 5.02 Å². The zero-order chi connectivity index (χ0) is 24.2. The third-order valence-corrected chi connectivity index (χ3v) is 7.80. The van der Waals surface area contributed by atoms with Gasteiger partial charge >= 0.3 is 0 Å². The Morgan fingerprint density at radius 2 is 1.97 bits per heavy atom. The standard InChI is InChI=1S/C19H15ClN6O5S2/c1-9-6-11(10(2)24(9)12-4-5-14(20)15(8-12)26(28)29)7-13-16(21)25-18(22-17(13)27)32-19(23-25)33(3,30)31/h4-8,21H,1-3H3/b13-7+,21-16?. The Kier molecular flexibility index (Phi) is 5.50. The molecule has 0 saturated heterocycles. The highest BCUT2D eigenvalue weighted by Crippen LogP contribution is 2.32. The van der Waals surface area contributed by atoms with Crippen LogP contribution in [0.1, 0.15) is 17.0 Å². The monoisotopic (exact) mass is 506 g/mol. The summed E-state index contributed by atoms with van der Waals surface area (Å²) in [6.45, 7) is 3.55. The number of thioether (sulfide) groups is 1. The maximum atomic E-state index is 12.6. The van der Waals surface area contributed by atoms with Gasteiger partial charge in [-0.1, -0.05) is 11.6 Å². The molecule has 1 aromatic carbocycles. The van der Waals surface area contributed by atoms with Gasteiger partial charge in [-0.25, -0.2) is 8.42 Å². The van der Waals surface area contributed by atoms with Crippen LogP contribution in [0.4, 0.5) is 5.69 Å². The fraction of sp³-hybridized carbons (Fsp3) is 0.158. The van der Waals surface area contributed by atoms with Crippen LogP contribution >= 0.6 is 23.4 Å². The van der Waals surface area contributed by atoms with Crippen molar-refractivity contribution >= 4 is 66.2 Å². The van der Waals surface area contributed by atoms with Crippen LogP contribution in [0.3, 0.4) is 0 Å². The lowest BCUT2D eigenvalue weighted by Crippen LogP contribution is -2.35. The van der Waals surface area contributed by atoms with E-state index >= 15 is 0 Å². The fourth-order valence-electron chi connectivity index (χ4n) is 3.39. The second-order valence-electron chi connectivity index (χ2n) is 7.21. The number of carbonyl (C=O) groups is 1. The molecule has 170 valence electrons. The number of amidine groups is 2. The number of amides is 1. The smallest absolute Gasteiger partial charge is 0.289 e. The normalized spacial score (nSPS) is 17.3. The van der Waals surface area contributed by atoms with Crippen molar-refractivity contribution in [3.63, 3.8) is 0 Å². The van der Waals surface area contributed by atoms with Crippen molar-refractivity contribution in [2.45, 2.75) is 13.8 Å². The molecule has 0 atom stereocenters. The number of sulfone groups is 1. The van der Waals surface area contributed by atoms with Gasteiger partial charge in [-0.2, -0.15) is 10.0 Å². The summed E-state index contributed by atoms with van der Waals surface area (Å²) in [4.78, 5) is 27.2. The van der Waals surface area contributed by atoms with E-state index in [-0.39, 0.29) is 31.7 Å². The summed E-state index contributed by atoms with van der Waals surface area (Å²) < 4.78 is 25.1. The number of hydrogen-bond donors (Lipinski definition) is 1. The second kappa shape index (κ2) is 7.93. The first-order chi connectivity index (χ1) is 15.4. The molecule has 0 bridgehead atoms. The molecule has 0 spiro atoms. The van der Waals surface area contributed by atoms with Gasteiger partial charge in [-0.05, 0) is 55.4 Å². The zero-order valence-electron chi connectivity index (χ0n) is 17.4. The molecule has 0 unspecified atom stereocenters. The minimum absolute atomic E-state index is 0.00141. The van der Waals surface area contributed by atoms with Crippen molar-refractivity contribution in [3.8, 4) is 5.69 Å². The summed E-state index contributed by atoms with van der Waals surface area (Å²) >= 11 is 6.63. The Morgan fingerprint density at radius 3 is 2.61 bits per heavy atom. The van der Waals surface area contributed by atoms with Crippen molar-refractivity contribution in [1.82, 2.24) is 9.58 Å². The quantitative estimate of drug-likeness (QED) is 0.381. The number of benzene rings is 1. The van der Waals surface area contributed by atoms with Crippen LogP contribution in [0.25, 0.3) is 11.8 Å². The molecule has 1 amide bonds. The second-order valence-corrected chi connectivity index (χ2v) is 10.8. The van der Waals surface area contributed by atoms with E-state index in [4.69, 9.17) is 17.0 Å². The van der Waals surface area contributed by atoms with E-state index in [1.807, 2.05) is 0 Å². The number of halogens is 1. The topological polar surface area (TPSA) is 151 Å². The third kappa shape index (κ3) is 3.98. The molecular formula is C19H15ClN6O5S2. The number of fused-ring (bicyclic) bond motifs is 1. The predicted octanol–water partition coefficient (Wildman–Crippen LogP) is 3.28. The average Bonchev–Trinajstić information content (AvgIpc) is 3.26. The first-order valence-corrected chi connectivity index (χ1v) is 12.3. The Balaban J connectivity index is 1.77. The van der Waals surface area contributed by atoms with Gasteiger partial charge in [0.25, 0.3) is 11.6 Å². The number of aryl methyl sites for hydroxylation is 1. The van der Waals surface area contributed by atoms with Crippen LogP contribution in [-0.4, -0.2) is 50.5 Å². The first kappa shape index (κ1) is 22.9. The molecule has 2 aromatic rings. The first-order valence-electron chi connectivity index (χ1n) is 9.22. The predicted molar refractivity (Wildman–Crippen MR) is 127 cm³/mol. The number of carbonyl (C=O) groups excluding carboxylic acids is 1. The molecule has 0 fully saturated rings. The van der Waals surface area contributed by atoms with Gasteiger partial charge in [-0.3, -0.25) is 20.3 Å². The maximum Gasteiger partial charge on any atom is 0.289 e. The van der Waals surface area contributed by atoms with E-state index in [1.54, 1.807) is 30.5 Å². The summed E-state index contributed by atoms with van der Waals surface area (Å²) in [6, 6.07) is 6.18. The Morgan fingerprint density at radius 1 is 1.27 bits per heavy atom. The van der Waals surface area contributed by atoms with E-state index in [1.165, 1.54) is 18.2 Å². The third-order valence-electron chi connectivity index (χ3n) is 4.91.